The smallest absolute Gasteiger partial charge is 0.306 e. The highest BCUT2D eigenvalue weighted by molar-refractivity contribution is 7.16. The van der Waals surface area contributed by atoms with Crippen molar-refractivity contribution in [3.8, 4) is 11.5 Å². The molecular weight excluding hydrogens is 382 g/mol. The Morgan fingerprint density at radius 2 is 1.96 bits per heavy atom. The minimum atomic E-state index is -0.362. The van der Waals surface area contributed by atoms with Gasteiger partial charge in [-0.25, -0.2) is 4.98 Å². The Labute approximate surface area is 165 Å². The molecule has 0 N–H and O–H groups in total. The molecule has 0 unspecified atom stereocenters. The van der Waals surface area contributed by atoms with Crippen molar-refractivity contribution in [1.29, 1.82) is 0 Å². The van der Waals surface area contributed by atoms with E-state index in [4.69, 9.17) is 14.2 Å². The van der Waals surface area contributed by atoms with Gasteiger partial charge in [-0.2, -0.15) is 9.61 Å². The Morgan fingerprint density at radius 1 is 1.21 bits per heavy atom. The molecule has 0 saturated carbocycles. The van der Waals surface area contributed by atoms with E-state index in [1.165, 1.54) is 21.9 Å². The molecule has 28 heavy (non-hydrogen) atoms. The SMILES string of the molecule is CCc1nn2c(=O)cc(COC(=O)CCCOc3ccc(OC)cc3)nc2s1. The number of carbonyl (C=O) groups excluding carboxylic acids is 1. The van der Waals surface area contributed by atoms with Crippen molar-refractivity contribution < 1.29 is 19.0 Å². The summed E-state index contributed by atoms with van der Waals surface area (Å²) in [5, 5.41) is 5.01. The van der Waals surface area contributed by atoms with Gasteiger partial charge in [0.05, 0.1) is 19.4 Å². The predicted molar refractivity (Wildman–Crippen MR) is 104 cm³/mol. The predicted octanol–water partition coefficient (Wildman–Crippen LogP) is 2.62. The number of methoxy groups -OCH3 is 1. The van der Waals surface area contributed by atoms with E-state index in [9.17, 15) is 9.59 Å². The molecule has 8 nitrogen and oxygen atoms in total. The van der Waals surface area contributed by atoms with Crippen molar-refractivity contribution >= 4 is 22.3 Å². The number of benzene rings is 1. The maximum atomic E-state index is 12.1. The van der Waals surface area contributed by atoms with Crippen molar-refractivity contribution in [2.45, 2.75) is 32.8 Å². The molecule has 9 heteroatoms. The molecule has 0 radical (unpaired) electrons. The highest BCUT2D eigenvalue weighted by Crippen LogP contribution is 2.17. The highest BCUT2D eigenvalue weighted by atomic mass is 32.1. The van der Waals surface area contributed by atoms with Crippen molar-refractivity contribution in [3.05, 3.63) is 51.4 Å². The van der Waals surface area contributed by atoms with Crippen LogP contribution in [0.4, 0.5) is 0 Å². The van der Waals surface area contributed by atoms with Crippen LogP contribution in [0.15, 0.2) is 35.1 Å². The van der Waals surface area contributed by atoms with Gasteiger partial charge >= 0.3 is 5.97 Å². The number of nitrogens with zero attached hydrogens (tertiary/aromatic N) is 3. The minimum Gasteiger partial charge on any atom is -0.497 e. The summed E-state index contributed by atoms with van der Waals surface area (Å²) in [7, 11) is 1.60. The van der Waals surface area contributed by atoms with Gasteiger partial charge in [0.25, 0.3) is 5.56 Å². The van der Waals surface area contributed by atoms with Gasteiger partial charge in [-0.15, -0.1) is 0 Å². The largest absolute Gasteiger partial charge is 0.497 e. The normalized spacial score (nSPS) is 10.8. The first-order valence-corrected chi connectivity index (χ1v) is 9.72. The summed E-state index contributed by atoms with van der Waals surface area (Å²) in [5.74, 6) is 1.11. The Morgan fingerprint density at radius 3 is 2.68 bits per heavy atom. The van der Waals surface area contributed by atoms with Crippen molar-refractivity contribution in [2.75, 3.05) is 13.7 Å². The Bertz CT molecular complexity index is 997. The molecule has 148 valence electrons. The van der Waals surface area contributed by atoms with Gasteiger partial charge in [0.2, 0.25) is 4.96 Å². The van der Waals surface area contributed by atoms with Crippen molar-refractivity contribution in [1.82, 2.24) is 14.6 Å². The molecule has 1 aromatic carbocycles. The maximum absolute atomic E-state index is 12.1. The number of hydrogen-bond acceptors (Lipinski definition) is 8. The topological polar surface area (TPSA) is 92.0 Å². The highest BCUT2D eigenvalue weighted by Gasteiger charge is 2.10. The van der Waals surface area contributed by atoms with E-state index < -0.39 is 0 Å². The van der Waals surface area contributed by atoms with Crippen LogP contribution in [0.25, 0.3) is 4.96 Å². The van der Waals surface area contributed by atoms with Crippen LogP contribution in [-0.2, 0) is 22.6 Å². The molecular formula is C19H21N3O5S. The zero-order valence-electron chi connectivity index (χ0n) is 15.7. The van der Waals surface area contributed by atoms with E-state index >= 15 is 0 Å². The first-order valence-electron chi connectivity index (χ1n) is 8.90. The Kier molecular flexibility index (Phi) is 6.59. The van der Waals surface area contributed by atoms with Gasteiger partial charge in [0.15, 0.2) is 0 Å². The molecule has 3 aromatic rings. The number of carbonyl (C=O) groups is 1. The number of esters is 1. The van der Waals surface area contributed by atoms with E-state index in [-0.39, 0.29) is 24.6 Å². The van der Waals surface area contributed by atoms with E-state index in [0.29, 0.717) is 29.4 Å². The molecule has 0 aliphatic carbocycles. The lowest BCUT2D eigenvalue weighted by atomic mass is 10.3. The molecule has 0 fully saturated rings. The van der Waals surface area contributed by atoms with Gasteiger partial charge in [-0.3, -0.25) is 9.59 Å². The Balaban J connectivity index is 1.43. The molecule has 0 bridgehead atoms. The van der Waals surface area contributed by atoms with Crippen LogP contribution < -0.4 is 15.0 Å². The van der Waals surface area contributed by atoms with Crippen molar-refractivity contribution in [3.63, 3.8) is 0 Å². The Hall–Kier alpha value is -2.94. The van der Waals surface area contributed by atoms with Gasteiger partial charge in [0.1, 0.15) is 23.1 Å². The second kappa shape index (κ2) is 9.32. The molecule has 0 aliphatic rings. The fourth-order valence-corrected chi connectivity index (χ4v) is 3.28. The second-order valence-corrected chi connectivity index (χ2v) is 6.96. The van der Waals surface area contributed by atoms with Crippen LogP contribution in [-0.4, -0.2) is 34.3 Å². The van der Waals surface area contributed by atoms with Crippen LogP contribution in [0.5, 0.6) is 11.5 Å². The summed E-state index contributed by atoms with van der Waals surface area (Å²) in [6, 6.07) is 8.57. The third-order valence-corrected chi connectivity index (χ3v) is 4.93. The van der Waals surface area contributed by atoms with Crippen LogP contribution in [0.2, 0.25) is 0 Å². The van der Waals surface area contributed by atoms with Gasteiger partial charge < -0.3 is 14.2 Å². The van der Waals surface area contributed by atoms with Gasteiger partial charge in [-0.05, 0) is 37.1 Å². The number of rotatable bonds is 9. The average Bonchev–Trinajstić information content (AvgIpc) is 3.14. The van der Waals surface area contributed by atoms with Crippen LogP contribution >= 0.6 is 11.3 Å². The number of hydrogen-bond donors (Lipinski definition) is 0. The van der Waals surface area contributed by atoms with Crippen LogP contribution in [0.3, 0.4) is 0 Å². The number of aromatic nitrogens is 3. The van der Waals surface area contributed by atoms with Gasteiger partial charge in [0, 0.05) is 12.5 Å². The summed E-state index contributed by atoms with van der Waals surface area (Å²) in [5.41, 5.74) is 0.138. The fraction of sp³-hybridized carbons (Fsp3) is 0.368. The molecule has 0 spiro atoms. The number of ether oxygens (including phenoxy) is 3. The fourth-order valence-electron chi connectivity index (χ4n) is 2.42. The average molecular weight is 403 g/mol. The first-order chi connectivity index (χ1) is 13.6. The van der Waals surface area contributed by atoms with E-state index in [2.05, 4.69) is 10.1 Å². The first kappa shape index (κ1) is 19.8. The summed E-state index contributed by atoms with van der Waals surface area (Å²) in [4.78, 5) is 28.8. The zero-order chi connectivity index (χ0) is 19.9. The molecule has 0 amide bonds. The van der Waals surface area contributed by atoms with E-state index in [1.807, 2.05) is 19.1 Å². The quantitative estimate of drug-likeness (QED) is 0.401. The maximum Gasteiger partial charge on any atom is 0.306 e. The van der Waals surface area contributed by atoms with Crippen molar-refractivity contribution in [2.24, 2.45) is 0 Å². The summed E-state index contributed by atoms with van der Waals surface area (Å²) < 4.78 is 17.1. The van der Waals surface area contributed by atoms with E-state index in [0.717, 1.165) is 17.2 Å². The monoisotopic (exact) mass is 403 g/mol. The number of aryl methyl sites for hydroxylation is 1. The van der Waals surface area contributed by atoms with Crippen LogP contribution in [0, 0.1) is 0 Å². The summed E-state index contributed by atoms with van der Waals surface area (Å²) in [6.07, 6.45) is 1.48. The molecule has 0 aliphatic heterocycles. The summed E-state index contributed by atoms with van der Waals surface area (Å²) in [6.45, 7) is 2.32. The summed E-state index contributed by atoms with van der Waals surface area (Å²) >= 11 is 1.35. The minimum absolute atomic E-state index is 0.0384. The lowest BCUT2D eigenvalue weighted by Crippen LogP contribution is -2.16. The van der Waals surface area contributed by atoms with E-state index in [1.54, 1.807) is 19.2 Å². The molecule has 0 saturated heterocycles. The third-order valence-electron chi connectivity index (χ3n) is 3.88. The molecule has 2 aromatic heterocycles. The third kappa shape index (κ3) is 5.07. The standard InChI is InChI=1S/C19H21N3O5S/c1-3-16-21-22-17(23)11-13(20-19(22)28-16)12-27-18(24)5-4-10-26-15-8-6-14(25-2)7-9-15/h6-9,11H,3-5,10,12H2,1-2H3. The molecule has 0 atom stereocenters. The van der Waals surface area contributed by atoms with Gasteiger partial charge in [-0.1, -0.05) is 18.3 Å². The number of fused-ring (bicyclic) bond motifs is 1. The molecule has 3 rings (SSSR count). The second-order valence-electron chi connectivity index (χ2n) is 5.92. The molecule has 2 heterocycles. The lowest BCUT2D eigenvalue weighted by molar-refractivity contribution is -0.145. The van der Waals surface area contributed by atoms with Crippen LogP contribution in [0.1, 0.15) is 30.5 Å². The lowest BCUT2D eigenvalue weighted by Gasteiger charge is -2.07. The zero-order valence-corrected chi connectivity index (χ0v) is 16.5.